The lowest BCUT2D eigenvalue weighted by Crippen LogP contribution is -2.40. The van der Waals surface area contributed by atoms with Crippen molar-refractivity contribution in [1.82, 2.24) is 5.32 Å². The molecule has 1 aliphatic heterocycles. The Morgan fingerprint density at radius 2 is 2.00 bits per heavy atom. The zero-order valence-electron chi connectivity index (χ0n) is 9.92. The van der Waals surface area contributed by atoms with Gasteiger partial charge in [0.2, 0.25) is 0 Å². The lowest BCUT2D eigenvalue weighted by Gasteiger charge is -2.34. The number of piperidine rings is 1. The van der Waals surface area contributed by atoms with Crippen molar-refractivity contribution >= 4 is 0 Å². The van der Waals surface area contributed by atoms with Crippen LogP contribution in [0.25, 0.3) is 0 Å². The van der Waals surface area contributed by atoms with E-state index >= 15 is 0 Å². The summed E-state index contributed by atoms with van der Waals surface area (Å²) in [5.74, 6) is 0.846. The minimum Gasteiger partial charge on any atom is -0.497 e. The van der Waals surface area contributed by atoms with E-state index < -0.39 is 5.60 Å². The Morgan fingerprint density at radius 1 is 1.31 bits per heavy atom. The topological polar surface area (TPSA) is 41.5 Å². The minimum atomic E-state index is -0.665. The summed E-state index contributed by atoms with van der Waals surface area (Å²) in [5.41, 5.74) is 1.47. The van der Waals surface area contributed by atoms with Crippen LogP contribution in [0, 0.1) is 6.92 Å². The van der Waals surface area contributed by atoms with Crippen molar-refractivity contribution in [3.05, 3.63) is 29.3 Å². The quantitative estimate of drug-likeness (QED) is 0.796. The third-order valence-electron chi connectivity index (χ3n) is 3.37. The Balaban J connectivity index is 2.32. The molecular weight excluding hydrogens is 202 g/mol. The summed E-state index contributed by atoms with van der Waals surface area (Å²) in [7, 11) is 1.66. The van der Waals surface area contributed by atoms with Gasteiger partial charge in [0.05, 0.1) is 12.7 Å². The van der Waals surface area contributed by atoms with E-state index in [-0.39, 0.29) is 0 Å². The molecule has 0 aromatic heterocycles. The molecule has 16 heavy (non-hydrogen) atoms. The van der Waals surface area contributed by atoms with Crippen molar-refractivity contribution in [3.8, 4) is 5.75 Å². The van der Waals surface area contributed by atoms with Crippen LogP contribution in [0.1, 0.15) is 24.0 Å². The van der Waals surface area contributed by atoms with Crippen molar-refractivity contribution in [3.63, 3.8) is 0 Å². The number of hydrogen-bond donors (Lipinski definition) is 2. The summed E-state index contributed by atoms with van der Waals surface area (Å²) >= 11 is 0. The summed E-state index contributed by atoms with van der Waals surface area (Å²) in [6.45, 7) is 3.78. The highest BCUT2D eigenvalue weighted by atomic mass is 16.5. The SMILES string of the molecule is COc1ccc(C2(O)CCNCC2)c(C)c1. The Bertz CT molecular complexity index is 370. The fraction of sp³-hybridized carbons (Fsp3) is 0.538. The summed E-state index contributed by atoms with van der Waals surface area (Å²) in [6, 6.07) is 5.89. The van der Waals surface area contributed by atoms with Gasteiger partial charge in [-0.05, 0) is 56.1 Å². The molecule has 1 fully saturated rings. The monoisotopic (exact) mass is 221 g/mol. The number of hydrogen-bond acceptors (Lipinski definition) is 3. The largest absolute Gasteiger partial charge is 0.497 e. The number of aliphatic hydroxyl groups is 1. The van der Waals surface area contributed by atoms with Crippen molar-refractivity contribution in [2.45, 2.75) is 25.4 Å². The van der Waals surface area contributed by atoms with E-state index in [9.17, 15) is 5.11 Å². The number of benzene rings is 1. The van der Waals surface area contributed by atoms with Gasteiger partial charge in [0, 0.05) is 0 Å². The molecule has 0 radical (unpaired) electrons. The normalized spacial score (nSPS) is 19.4. The van der Waals surface area contributed by atoms with Gasteiger partial charge in [-0.15, -0.1) is 0 Å². The first-order valence-electron chi connectivity index (χ1n) is 5.74. The minimum absolute atomic E-state index is 0.665. The van der Waals surface area contributed by atoms with Crippen LogP contribution in [0.2, 0.25) is 0 Å². The Kier molecular flexibility index (Phi) is 3.17. The van der Waals surface area contributed by atoms with Gasteiger partial charge in [0.25, 0.3) is 0 Å². The zero-order chi connectivity index (χ0) is 11.6. The van der Waals surface area contributed by atoms with Gasteiger partial charge in [0.1, 0.15) is 5.75 Å². The predicted molar refractivity (Wildman–Crippen MR) is 63.7 cm³/mol. The number of ether oxygens (including phenoxy) is 1. The Morgan fingerprint density at radius 3 is 2.56 bits per heavy atom. The highest BCUT2D eigenvalue weighted by Gasteiger charge is 2.32. The average Bonchev–Trinajstić information content (AvgIpc) is 2.29. The molecule has 3 heteroatoms. The van der Waals surface area contributed by atoms with Crippen molar-refractivity contribution in [1.29, 1.82) is 0 Å². The third kappa shape index (κ3) is 2.06. The Labute approximate surface area is 96.4 Å². The second kappa shape index (κ2) is 4.44. The van der Waals surface area contributed by atoms with E-state index in [0.717, 1.165) is 42.8 Å². The summed E-state index contributed by atoms with van der Waals surface area (Å²) in [4.78, 5) is 0. The highest BCUT2D eigenvalue weighted by Crippen LogP contribution is 2.33. The molecule has 0 aliphatic carbocycles. The molecule has 0 spiro atoms. The number of nitrogens with one attached hydrogen (secondary N) is 1. The number of rotatable bonds is 2. The van der Waals surface area contributed by atoms with Crippen LogP contribution in [0.4, 0.5) is 0 Å². The maximum Gasteiger partial charge on any atom is 0.119 e. The van der Waals surface area contributed by atoms with Gasteiger partial charge in [0.15, 0.2) is 0 Å². The smallest absolute Gasteiger partial charge is 0.119 e. The highest BCUT2D eigenvalue weighted by molar-refractivity contribution is 5.38. The molecule has 1 heterocycles. The molecule has 88 valence electrons. The van der Waals surface area contributed by atoms with Gasteiger partial charge in [-0.1, -0.05) is 6.07 Å². The standard InChI is InChI=1S/C13H19NO2/c1-10-9-11(16-2)3-4-12(10)13(15)5-7-14-8-6-13/h3-4,9,14-15H,5-8H2,1-2H3. The first kappa shape index (κ1) is 11.4. The van der Waals surface area contributed by atoms with E-state index in [1.54, 1.807) is 7.11 Å². The first-order valence-corrected chi connectivity index (χ1v) is 5.74. The van der Waals surface area contributed by atoms with Gasteiger partial charge in [-0.3, -0.25) is 0 Å². The lowest BCUT2D eigenvalue weighted by atomic mass is 9.83. The van der Waals surface area contributed by atoms with Crippen molar-refractivity contribution < 1.29 is 9.84 Å². The van der Waals surface area contributed by atoms with Crippen LogP contribution in [0.3, 0.4) is 0 Å². The lowest BCUT2D eigenvalue weighted by molar-refractivity contribution is 0.00535. The first-order chi connectivity index (χ1) is 7.65. The number of methoxy groups -OCH3 is 1. The van der Waals surface area contributed by atoms with Crippen molar-refractivity contribution in [2.75, 3.05) is 20.2 Å². The second-order valence-electron chi connectivity index (χ2n) is 4.46. The molecule has 1 aliphatic rings. The molecule has 0 amide bonds. The maximum atomic E-state index is 10.6. The molecule has 0 unspecified atom stereocenters. The third-order valence-corrected chi connectivity index (χ3v) is 3.37. The molecule has 0 saturated carbocycles. The van der Waals surface area contributed by atoms with Crippen LogP contribution in [-0.2, 0) is 5.60 Å². The van der Waals surface area contributed by atoms with Gasteiger partial charge >= 0.3 is 0 Å². The molecule has 0 atom stereocenters. The van der Waals surface area contributed by atoms with Crippen molar-refractivity contribution in [2.24, 2.45) is 0 Å². The van der Waals surface area contributed by atoms with E-state index in [0.29, 0.717) is 0 Å². The summed E-state index contributed by atoms with van der Waals surface area (Å²) in [6.07, 6.45) is 1.56. The Hall–Kier alpha value is -1.06. The molecule has 1 saturated heterocycles. The van der Waals surface area contributed by atoms with Crippen LogP contribution in [-0.4, -0.2) is 25.3 Å². The molecule has 2 N–H and O–H groups in total. The molecule has 0 bridgehead atoms. The predicted octanol–water partition coefficient (Wildman–Crippen LogP) is 1.57. The second-order valence-corrected chi connectivity index (χ2v) is 4.46. The van der Waals surface area contributed by atoms with E-state index in [2.05, 4.69) is 5.32 Å². The molecular formula is C13H19NO2. The summed E-state index contributed by atoms with van der Waals surface area (Å²) in [5, 5.41) is 13.9. The molecule has 3 nitrogen and oxygen atoms in total. The van der Waals surface area contributed by atoms with Crippen LogP contribution < -0.4 is 10.1 Å². The van der Waals surface area contributed by atoms with E-state index in [1.165, 1.54) is 0 Å². The molecule has 1 aromatic carbocycles. The summed E-state index contributed by atoms with van der Waals surface area (Å²) < 4.78 is 5.18. The van der Waals surface area contributed by atoms with Gasteiger partial charge in [-0.2, -0.15) is 0 Å². The van der Waals surface area contributed by atoms with Gasteiger partial charge < -0.3 is 15.2 Å². The van der Waals surface area contributed by atoms with Gasteiger partial charge in [-0.25, -0.2) is 0 Å². The van der Waals surface area contributed by atoms with Crippen LogP contribution >= 0.6 is 0 Å². The molecule has 1 aromatic rings. The van der Waals surface area contributed by atoms with E-state index in [4.69, 9.17) is 4.74 Å². The fourth-order valence-electron chi connectivity index (χ4n) is 2.39. The fourth-order valence-corrected chi connectivity index (χ4v) is 2.39. The zero-order valence-corrected chi connectivity index (χ0v) is 9.92. The van der Waals surface area contributed by atoms with E-state index in [1.807, 2.05) is 25.1 Å². The average molecular weight is 221 g/mol. The number of aryl methyl sites for hydroxylation is 1. The van der Waals surface area contributed by atoms with Crippen LogP contribution in [0.5, 0.6) is 5.75 Å². The maximum absolute atomic E-state index is 10.6. The molecule has 2 rings (SSSR count). The van der Waals surface area contributed by atoms with Crippen LogP contribution in [0.15, 0.2) is 18.2 Å².